The van der Waals surface area contributed by atoms with Crippen LogP contribution >= 0.6 is 0 Å². The molecule has 3 rings (SSSR count). The highest BCUT2D eigenvalue weighted by Crippen LogP contribution is 2.40. The Morgan fingerprint density at radius 1 is 1.42 bits per heavy atom. The second kappa shape index (κ2) is 4.64. The molecule has 2 aromatic rings. The predicted octanol–water partition coefficient (Wildman–Crippen LogP) is 3.12. The third kappa shape index (κ3) is 2.27. The number of hydrogen-bond donors (Lipinski definition) is 1. The number of benzene rings is 1. The molecule has 1 aromatic heterocycles. The third-order valence-electron chi connectivity index (χ3n) is 4.50. The van der Waals surface area contributed by atoms with Crippen LogP contribution in [0.3, 0.4) is 0 Å². The van der Waals surface area contributed by atoms with Crippen LogP contribution < -0.4 is 5.73 Å². The summed E-state index contributed by atoms with van der Waals surface area (Å²) < 4.78 is 2.11. The molecule has 0 amide bonds. The normalized spacial score (nSPS) is 27.2. The standard InChI is InChI=1S/C16H23N3/c1-3-19-15-7-5-4-6-13(15)14(18-19)11-16(2)9-8-12(17)10-16/h4-7,12H,3,8-11,17H2,1-2H3. The summed E-state index contributed by atoms with van der Waals surface area (Å²) in [4.78, 5) is 0. The van der Waals surface area contributed by atoms with Gasteiger partial charge in [0.25, 0.3) is 0 Å². The maximum absolute atomic E-state index is 6.08. The molecule has 1 saturated carbocycles. The molecule has 0 spiro atoms. The minimum atomic E-state index is 0.328. The summed E-state index contributed by atoms with van der Waals surface area (Å²) in [6.45, 7) is 5.44. The molecule has 2 atom stereocenters. The minimum Gasteiger partial charge on any atom is -0.328 e. The van der Waals surface area contributed by atoms with Crippen LogP contribution in [0.5, 0.6) is 0 Å². The average molecular weight is 257 g/mol. The van der Waals surface area contributed by atoms with E-state index >= 15 is 0 Å². The van der Waals surface area contributed by atoms with Crippen LogP contribution in [0.25, 0.3) is 10.9 Å². The van der Waals surface area contributed by atoms with Crippen molar-refractivity contribution in [2.75, 3.05) is 0 Å². The fourth-order valence-electron chi connectivity index (χ4n) is 3.50. The van der Waals surface area contributed by atoms with Gasteiger partial charge >= 0.3 is 0 Å². The Morgan fingerprint density at radius 2 is 2.21 bits per heavy atom. The molecule has 102 valence electrons. The number of para-hydroxylation sites is 1. The first kappa shape index (κ1) is 12.7. The Balaban J connectivity index is 1.97. The molecule has 1 heterocycles. The van der Waals surface area contributed by atoms with Gasteiger partial charge in [-0.15, -0.1) is 0 Å². The lowest BCUT2D eigenvalue weighted by atomic mass is 9.83. The quantitative estimate of drug-likeness (QED) is 0.918. The summed E-state index contributed by atoms with van der Waals surface area (Å²) in [5.41, 5.74) is 8.91. The molecular weight excluding hydrogens is 234 g/mol. The molecule has 2 unspecified atom stereocenters. The van der Waals surface area contributed by atoms with Gasteiger partial charge in [-0.1, -0.05) is 25.1 Å². The van der Waals surface area contributed by atoms with E-state index in [9.17, 15) is 0 Å². The lowest BCUT2D eigenvalue weighted by molar-refractivity contribution is 0.326. The first-order valence-corrected chi connectivity index (χ1v) is 7.31. The summed E-state index contributed by atoms with van der Waals surface area (Å²) in [5, 5.41) is 6.13. The molecule has 1 aliphatic rings. The van der Waals surface area contributed by atoms with Crippen molar-refractivity contribution in [1.82, 2.24) is 9.78 Å². The molecule has 0 aliphatic heterocycles. The molecule has 3 nitrogen and oxygen atoms in total. The smallest absolute Gasteiger partial charge is 0.0708 e. The predicted molar refractivity (Wildman–Crippen MR) is 79.0 cm³/mol. The van der Waals surface area contributed by atoms with E-state index in [0.29, 0.717) is 11.5 Å². The van der Waals surface area contributed by atoms with Gasteiger partial charge in [-0.25, -0.2) is 0 Å². The molecule has 2 N–H and O–H groups in total. The highest BCUT2D eigenvalue weighted by molar-refractivity contribution is 5.82. The van der Waals surface area contributed by atoms with Gasteiger partial charge in [0.05, 0.1) is 11.2 Å². The fourth-order valence-corrected chi connectivity index (χ4v) is 3.50. The van der Waals surface area contributed by atoms with Crippen LogP contribution in [0.2, 0.25) is 0 Å². The van der Waals surface area contributed by atoms with E-state index in [1.807, 2.05) is 0 Å². The summed E-state index contributed by atoms with van der Waals surface area (Å²) in [7, 11) is 0. The van der Waals surface area contributed by atoms with Crippen LogP contribution in [-0.4, -0.2) is 15.8 Å². The zero-order valence-electron chi connectivity index (χ0n) is 11.9. The van der Waals surface area contributed by atoms with E-state index in [4.69, 9.17) is 10.8 Å². The Bertz CT molecular complexity index is 587. The van der Waals surface area contributed by atoms with Crippen molar-refractivity contribution in [2.45, 2.75) is 52.1 Å². The van der Waals surface area contributed by atoms with Crippen LogP contribution in [0.1, 0.15) is 38.8 Å². The SMILES string of the molecule is CCn1nc(CC2(C)CCC(N)C2)c2ccccc21. The summed E-state index contributed by atoms with van der Waals surface area (Å²) in [6, 6.07) is 8.94. The average Bonchev–Trinajstić information content (AvgIpc) is 2.91. The number of fused-ring (bicyclic) bond motifs is 1. The van der Waals surface area contributed by atoms with Gasteiger partial charge in [0.1, 0.15) is 0 Å². The Hall–Kier alpha value is -1.35. The van der Waals surface area contributed by atoms with Crippen molar-refractivity contribution in [2.24, 2.45) is 11.1 Å². The number of hydrogen-bond acceptors (Lipinski definition) is 2. The number of rotatable bonds is 3. The van der Waals surface area contributed by atoms with E-state index in [1.165, 1.54) is 23.0 Å². The van der Waals surface area contributed by atoms with Gasteiger partial charge in [0.2, 0.25) is 0 Å². The molecule has 1 aromatic carbocycles. The Labute approximate surface area is 114 Å². The largest absolute Gasteiger partial charge is 0.328 e. The van der Waals surface area contributed by atoms with Gasteiger partial charge in [-0.05, 0) is 44.1 Å². The number of nitrogens with zero attached hydrogens (tertiary/aromatic N) is 2. The van der Waals surface area contributed by atoms with Gasteiger partial charge < -0.3 is 5.73 Å². The number of aromatic nitrogens is 2. The van der Waals surface area contributed by atoms with E-state index in [0.717, 1.165) is 25.8 Å². The number of aryl methyl sites for hydroxylation is 1. The van der Waals surface area contributed by atoms with Crippen LogP contribution in [-0.2, 0) is 13.0 Å². The van der Waals surface area contributed by atoms with Gasteiger partial charge in [-0.3, -0.25) is 4.68 Å². The molecule has 19 heavy (non-hydrogen) atoms. The van der Waals surface area contributed by atoms with Gasteiger partial charge in [0, 0.05) is 18.0 Å². The lowest BCUT2D eigenvalue weighted by Crippen LogP contribution is -2.21. The van der Waals surface area contributed by atoms with Crippen molar-refractivity contribution in [3.8, 4) is 0 Å². The minimum absolute atomic E-state index is 0.328. The molecule has 0 bridgehead atoms. The summed E-state index contributed by atoms with van der Waals surface area (Å²) in [5.74, 6) is 0. The van der Waals surface area contributed by atoms with E-state index in [2.05, 4.69) is 42.8 Å². The van der Waals surface area contributed by atoms with Crippen molar-refractivity contribution in [1.29, 1.82) is 0 Å². The molecule has 1 aliphatic carbocycles. The Morgan fingerprint density at radius 3 is 2.89 bits per heavy atom. The number of nitrogens with two attached hydrogens (primary N) is 1. The summed E-state index contributed by atoms with van der Waals surface area (Å²) in [6.07, 6.45) is 4.55. The molecular formula is C16H23N3. The summed E-state index contributed by atoms with van der Waals surface area (Å²) >= 11 is 0. The van der Waals surface area contributed by atoms with Crippen molar-refractivity contribution in [3.63, 3.8) is 0 Å². The van der Waals surface area contributed by atoms with Crippen LogP contribution in [0.15, 0.2) is 24.3 Å². The highest BCUT2D eigenvalue weighted by Gasteiger charge is 2.34. The maximum Gasteiger partial charge on any atom is 0.0708 e. The van der Waals surface area contributed by atoms with Crippen molar-refractivity contribution >= 4 is 10.9 Å². The topological polar surface area (TPSA) is 43.8 Å². The van der Waals surface area contributed by atoms with E-state index in [1.54, 1.807) is 0 Å². The third-order valence-corrected chi connectivity index (χ3v) is 4.50. The molecule has 1 fully saturated rings. The van der Waals surface area contributed by atoms with Gasteiger partial charge in [-0.2, -0.15) is 5.10 Å². The zero-order valence-corrected chi connectivity index (χ0v) is 11.9. The second-order valence-electron chi connectivity index (χ2n) is 6.27. The monoisotopic (exact) mass is 257 g/mol. The zero-order chi connectivity index (χ0) is 13.5. The molecule has 3 heteroatoms. The van der Waals surface area contributed by atoms with Crippen molar-refractivity contribution in [3.05, 3.63) is 30.0 Å². The van der Waals surface area contributed by atoms with Crippen LogP contribution in [0.4, 0.5) is 0 Å². The second-order valence-corrected chi connectivity index (χ2v) is 6.27. The fraction of sp³-hybridized carbons (Fsp3) is 0.562. The van der Waals surface area contributed by atoms with E-state index in [-0.39, 0.29) is 0 Å². The van der Waals surface area contributed by atoms with Crippen LogP contribution in [0, 0.1) is 5.41 Å². The maximum atomic E-state index is 6.08. The van der Waals surface area contributed by atoms with Crippen molar-refractivity contribution < 1.29 is 0 Å². The first-order chi connectivity index (χ1) is 9.11. The lowest BCUT2D eigenvalue weighted by Gasteiger charge is -2.22. The first-order valence-electron chi connectivity index (χ1n) is 7.31. The van der Waals surface area contributed by atoms with Gasteiger partial charge in [0.15, 0.2) is 0 Å². The molecule has 0 radical (unpaired) electrons. The molecule has 0 saturated heterocycles. The highest BCUT2D eigenvalue weighted by atomic mass is 15.3. The Kier molecular flexibility index (Phi) is 3.09. The van der Waals surface area contributed by atoms with E-state index < -0.39 is 0 Å².